The van der Waals surface area contributed by atoms with Gasteiger partial charge in [0, 0.05) is 24.7 Å². The van der Waals surface area contributed by atoms with Crippen LogP contribution in [-0.2, 0) is 14.8 Å². The van der Waals surface area contributed by atoms with E-state index in [9.17, 15) is 13.2 Å². The molecule has 1 aromatic carbocycles. The second-order valence-corrected chi connectivity index (χ2v) is 12.2. The molecule has 166 valence electrons. The van der Waals surface area contributed by atoms with Gasteiger partial charge in [-0.1, -0.05) is 26.8 Å². The van der Waals surface area contributed by atoms with Gasteiger partial charge in [0.2, 0.25) is 10.0 Å². The number of hydrogen-bond donors (Lipinski definition) is 1. The fraction of sp³-hybridized carbons (Fsp3) is 0.696. The number of nitrogens with zero attached hydrogens (tertiary/aromatic N) is 1. The molecule has 0 radical (unpaired) electrons. The highest BCUT2D eigenvalue weighted by atomic mass is 32.2. The first kappa shape index (κ1) is 21.8. The van der Waals surface area contributed by atoms with E-state index in [1.54, 1.807) is 13.0 Å². The first-order chi connectivity index (χ1) is 14.0. The number of amides is 1. The Morgan fingerprint density at radius 3 is 2.40 bits per heavy atom. The number of morpholine rings is 1. The minimum atomic E-state index is -3.66. The van der Waals surface area contributed by atoms with Crippen molar-refractivity contribution in [1.29, 1.82) is 0 Å². The SMILES string of the molecule is Cc1cc(C)c(S(=O)(=O)N2CCOCC2)cc1C(=O)NC1C(C)(C)[C@H]2CC[C@@]1(C)C2. The molecule has 3 atom stereocenters. The van der Waals surface area contributed by atoms with E-state index in [4.69, 9.17) is 4.74 Å². The Hall–Kier alpha value is -1.44. The number of aryl methyl sites for hydroxylation is 2. The lowest BCUT2D eigenvalue weighted by Gasteiger charge is -2.43. The molecule has 7 heteroatoms. The standard InChI is InChI=1S/C23H34N2O4S/c1-15-12-16(2)19(30(27,28)25-8-10-29-11-9-25)13-18(15)20(26)24-21-22(3,4)17-6-7-23(21,5)14-17/h12-13,17,21H,6-11,14H2,1-5H3,(H,24,26)/t17-,21?,23-/m0/s1. The summed E-state index contributed by atoms with van der Waals surface area (Å²) in [4.78, 5) is 13.6. The number of ether oxygens (including phenoxy) is 1. The van der Waals surface area contributed by atoms with E-state index in [0.717, 1.165) is 18.4 Å². The summed E-state index contributed by atoms with van der Waals surface area (Å²) in [6, 6.07) is 3.49. The quantitative estimate of drug-likeness (QED) is 0.789. The third-order valence-electron chi connectivity index (χ3n) is 7.90. The lowest BCUT2D eigenvalue weighted by Crippen LogP contribution is -2.52. The van der Waals surface area contributed by atoms with Crippen LogP contribution in [0.1, 0.15) is 61.5 Å². The zero-order valence-electron chi connectivity index (χ0n) is 18.7. The molecule has 3 aliphatic rings. The molecule has 1 aromatic rings. The Bertz CT molecular complexity index is 961. The Labute approximate surface area is 180 Å². The summed E-state index contributed by atoms with van der Waals surface area (Å²) in [5.41, 5.74) is 2.09. The van der Waals surface area contributed by atoms with Crippen LogP contribution in [0.15, 0.2) is 17.0 Å². The first-order valence-corrected chi connectivity index (χ1v) is 12.4. The van der Waals surface area contributed by atoms with E-state index in [1.807, 2.05) is 13.0 Å². The summed E-state index contributed by atoms with van der Waals surface area (Å²) < 4.78 is 33.2. The molecule has 1 unspecified atom stereocenters. The van der Waals surface area contributed by atoms with Crippen molar-refractivity contribution in [3.05, 3.63) is 28.8 Å². The van der Waals surface area contributed by atoms with Crippen LogP contribution in [0.5, 0.6) is 0 Å². The van der Waals surface area contributed by atoms with Crippen LogP contribution < -0.4 is 5.32 Å². The Morgan fingerprint density at radius 1 is 1.13 bits per heavy atom. The van der Waals surface area contributed by atoms with Gasteiger partial charge in [-0.25, -0.2) is 8.42 Å². The van der Waals surface area contributed by atoms with E-state index >= 15 is 0 Å². The van der Waals surface area contributed by atoms with Gasteiger partial charge >= 0.3 is 0 Å². The molecular weight excluding hydrogens is 400 g/mol. The van der Waals surface area contributed by atoms with Crippen LogP contribution in [0.25, 0.3) is 0 Å². The zero-order chi connectivity index (χ0) is 21.9. The van der Waals surface area contributed by atoms with Crippen molar-refractivity contribution in [2.75, 3.05) is 26.3 Å². The zero-order valence-corrected chi connectivity index (χ0v) is 19.6. The van der Waals surface area contributed by atoms with Crippen LogP contribution in [0.4, 0.5) is 0 Å². The summed E-state index contributed by atoms with van der Waals surface area (Å²) in [7, 11) is -3.66. The number of fused-ring (bicyclic) bond motifs is 2. The van der Waals surface area contributed by atoms with Gasteiger partial charge in [-0.2, -0.15) is 4.31 Å². The first-order valence-electron chi connectivity index (χ1n) is 11.0. The monoisotopic (exact) mass is 434 g/mol. The molecule has 3 fully saturated rings. The molecule has 0 aromatic heterocycles. The second kappa shape index (κ2) is 7.31. The van der Waals surface area contributed by atoms with Gasteiger partial charge in [0.05, 0.1) is 18.1 Å². The van der Waals surface area contributed by atoms with Gasteiger partial charge < -0.3 is 10.1 Å². The van der Waals surface area contributed by atoms with Crippen LogP contribution in [0, 0.1) is 30.6 Å². The number of benzene rings is 1. The van der Waals surface area contributed by atoms with Crippen LogP contribution in [0.3, 0.4) is 0 Å². The number of carbonyl (C=O) groups is 1. The van der Waals surface area contributed by atoms with Crippen molar-refractivity contribution in [3.8, 4) is 0 Å². The smallest absolute Gasteiger partial charge is 0.251 e. The minimum Gasteiger partial charge on any atom is -0.379 e. The van der Waals surface area contributed by atoms with Gasteiger partial charge in [-0.15, -0.1) is 0 Å². The predicted molar refractivity (Wildman–Crippen MR) is 116 cm³/mol. The van der Waals surface area contributed by atoms with Crippen molar-refractivity contribution in [2.45, 2.75) is 64.8 Å². The number of rotatable bonds is 4. The molecule has 1 saturated heterocycles. The third-order valence-corrected chi connectivity index (χ3v) is 9.94. The molecule has 1 amide bonds. The average molecular weight is 435 g/mol. The summed E-state index contributed by atoms with van der Waals surface area (Å²) in [6.07, 6.45) is 3.51. The second-order valence-electron chi connectivity index (χ2n) is 10.3. The Kier molecular flexibility index (Phi) is 5.31. The number of nitrogens with one attached hydrogen (secondary N) is 1. The van der Waals surface area contributed by atoms with Gasteiger partial charge in [0.25, 0.3) is 5.91 Å². The normalized spacial score (nSPS) is 31.1. The maximum absolute atomic E-state index is 13.4. The molecule has 6 nitrogen and oxygen atoms in total. The lowest BCUT2D eigenvalue weighted by atomic mass is 9.68. The summed E-state index contributed by atoms with van der Waals surface area (Å²) >= 11 is 0. The van der Waals surface area contributed by atoms with Gasteiger partial charge in [-0.3, -0.25) is 4.79 Å². The van der Waals surface area contributed by atoms with Crippen LogP contribution >= 0.6 is 0 Å². The van der Waals surface area contributed by atoms with Gasteiger partial charge in [0.1, 0.15) is 0 Å². The fourth-order valence-corrected chi connectivity index (χ4v) is 7.79. The molecule has 1 heterocycles. The molecular formula is C23H34N2O4S. The van der Waals surface area contributed by atoms with Crippen LogP contribution in [0.2, 0.25) is 0 Å². The Morgan fingerprint density at radius 2 is 1.80 bits per heavy atom. The molecule has 4 rings (SSSR count). The summed E-state index contributed by atoms with van der Waals surface area (Å²) in [6.45, 7) is 11.9. The van der Waals surface area contributed by atoms with Crippen LogP contribution in [-0.4, -0.2) is 51.0 Å². The maximum atomic E-state index is 13.4. The van der Waals surface area contributed by atoms with E-state index in [2.05, 4.69) is 26.1 Å². The minimum absolute atomic E-state index is 0.0456. The lowest BCUT2D eigenvalue weighted by molar-refractivity contribution is 0.0728. The van der Waals surface area contributed by atoms with E-state index in [0.29, 0.717) is 43.3 Å². The molecule has 1 N–H and O–H groups in total. The number of sulfonamides is 1. The molecule has 2 saturated carbocycles. The fourth-order valence-electron chi connectivity index (χ4n) is 6.15. The van der Waals surface area contributed by atoms with Crippen molar-refractivity contribution >= 4 is 15.9 Å². The van der Waals surface area contributed by atoms with E-state index in [-0.39, 0.29) is 27.7 Å². The topological polar surface area (TPSA) is 75.7 Å². The van der Waals surface area contributed by atoms with E-state index in [1.165, 1.54) is 10.7 Å². The van der Waals surface area contributed by atoms with Crippen molar-refractivity contribution in [3.63, 3.8) is 0 Å². The van der Waals surface area contributed by atoms with Crippen molar-refractivity contribution in [1.82, 2.24) is 9.62 Å². The highest BCUT2D eigenvalue weighted by Gasteiger charge is 2.59. The van der Waals surface area contributed by atoms with Gasteiger partial charge in [-0.05, 0) is 67.1 Å². The predicted octanol–water partition coefficient (Wildman–Crippen LogP) is 3.27. The highest BCUT2D eigenvalue weighted by Crippen LogP contribution is 2.62. The number of carbonyl (C=O) groups excluding carboxylic acids is 1. The number of hydrogen-bond acceptors (Lipinski definition) is 4. The van der Waals surface area contributed by atoms with Crippen molar-refractivity contribution < 1.29 is 17.9 Å². The largest absolute Gasteiger partial charge is 0.379 e. The molecule has 1 aliphatic heterocycles. The molecule has 0 spiro atoms. The van der Waals surface area contributed by atoms with Gasteiger partial charge in [0.15, 0.2) is 0 Å². The maximum Gasteiger partial charge on any atom is 0.251 e. The molecule has 2 aliphatic carbocycles. The summed E-state index contributed by atoms with van der Waals surface area (Å²) in [5.74, 6) is 0.460. The van der Waals surface area contributed by atoms with Crippen molar-refractivity contribution in [2.24, 2.45) is 16.7 Å². The van der Waals surface area contributed by atoms with E-state index < -0.39 is 10.0 Å². The third kappa shape index (κ3) is 3.39. The Balaban J connectivity index is 1.65. The summed E-state index contributed by atoms with van der Waals surface area (Å²) in [5, 5.41) is 3.31. The molecule has 2 bridgehead atoms. The average Bonchev–Trinajstić information content (AvgIpc) is 3.16. The molecule has 30 heavy (non-hydrogen) atoms. The highest BCUT2D eigenvalue weighted by molar-refractivity contribution is 7.89.